The molecule has 2 aromatic rings. The van der Waals surface area contributed by atoms with E-state index in [-0.39, 0.29) is 5.91 Å². The number of H-pyrrole nitrogens is 1. The average Bonchev–Trinajstić information content (AvgIpc) is 2.76. The number of nitrogens with one attached hydrogen (secondary N) is 2. The molecule has 0 spiro atoms. The van der Waals surface area contributed by atoms with Gasteiger partial charge in [-0.25, -0.2) is 0 Å². The molecule has 0 fully saturated rings. The molecule has 80 valence electrons. The smallest absolute Gasteiger partial charge is 0.252 e. The van der Waals surface area contributed by atoms with Gasteiger partial charge in [0.2, 0.25) is 0 Å². The third kappa shape index (κ3) is 2.06. The maximum atomic E-state index is 11.7. The van der Waals surface area contributed by atoms with Gasteiger partial charge in [-0.3, -0.25) is 4.79 Å². The van der Waals surface area contributed by atoms with E-state index in [1.165, 1.54) is 0 Å². The van der Waals surface area contributed by atoms with Crippen molar-refractivity contribution in [1.82, 2.24) is 10.3 Å². The Morgan fingerprint density at radius 2 is 2.31 bits per heavy atom. The van der Waals surface area contributed by atoms with Gasteiger partial charge < -0.3 is 10.3 Å². The summed E-state index contributed by atoms with van der Waals surface area (Å²) in [6, 6.07) is 7.50. The zero-order valence-electron chi connectivity index (χ0n) is 9.00. The lowest BCUT2D eigenvalue weighted by molar-refractivity contribution is 0.0959. The molecular weight excluding hydrogens is 200 g/mol. The Kier molecular flexibility index (Phi) is 2.93. The Hall–Kier alpha value is -2.21. The van der Waals surface area contributed by atoms with E-state index < -0.39 is 0 Å². The first-order valence-corrected chi connectivity index (χ1v) is 5.06. The van der Waals surface area contributed by atoms with E-state index in [0.29, 0.717) is 12.1 Å². The largest absolute Gasteiger partial charge is 0.361 e. The van der Waals surface area contributed by atoms with Crippen LogP contribution in [0.15, 0.2) is 30.5 Å². The van der Waals surface area contributed by atoms with Crippen molar-refractivity contribution >= 4 is 16.8 Å². The molecule has 1 amide bonds. The summed E-state index contributed by atoms with van der Waals surface area (Å²) >= 11 is 0. The molecule has 2 rings (SSSR count). The van der Waals surface area contributed by atoms with Crippen molar-refractivity contribution in [2.45, 2.75) is 6.92 Å². The molecule has 3 nitrogen and oxygen atoms in total. The van der Waals surface area contributed by atoms with Crippen molar-refractivity contribution in [2.75, 3.05) is 6.54 Å². The lowest BCUT2D eigenvalue weighted by Crippen LogP contribution is -2.23. The van der Waals surface area contributed by atoms with E-state index in [0.717, 1.165) is 10.9 Å². The van der Waals surface area contributed by atoms with Gasteiger partial charge in [-0.15, -0.1) is 5.92 Å². The van der Waals surface area contributed by atoms with Gasteiger partial charge in [-0.1, -0.05) is 5.92 Å². The number of benzene rings is 1. The molecule has 0 aliphatic carbocycles. The molecule has 0 aliphatic heterocycles. The highest BCUT2D eigenvalue weighted by atomic mass is 16.1. The van der Waals surface area contributed by atoms with E-state index in [2.05, 4.69) is 22.1 Å². The van der Waals surface area contributed by atoms with Crippen LogP contribution in [0, 0.1) is 11.8 Å². The van der Waals surface area contributed by atoms with Crippen LogP contribution < -0.4 is 5.32 Å². The minimum atomic E-state index is -0.0918. The van der Waals surface area contributed by atoms with Crippen LogP contribution >= 0.6 is 0 Å². The summed E-state index contributed by atoms with van der Waals surface area (Å²) in [4.78, 5) is 14.8. The molecule has 0 aliphatic rings. The Morgan fingerprint density at radius 3 is 3.12 bits per heavy atom. The number of hydrogen-bond donors (Lipinski definition) is 2. The molecule has 0 bridgehead atoms. The fourth-order valence-electron chi connectivity index (χ4n) is 1.51. The fourth-order valence-corrected chi connectivity index (χ4v) is 1.51. The Bertz CT molecular complexity index is 572. The normalized spacial score (nSPS) is 9.56. The average molecular weight is 212 g/mol. The van der Waals surface area contributed by atoms with E-state index in [4.69, 9.17) is 0 Å². The first-order valence-electron chi connectivity index (χ1n) is 5.06. The molecule has 3 heteroatoms. The van der Waals surface area contributed by atoms with Crippen LogP contribution in [-0.2, 0) is 0 Å². The summed E-state index contributed by atoms with van der Waals surface area (Å²) in [5.41, 5.74) is 1.69. The molecule has 1 aromatic carbocycles. The molecule has 0 atom stereocenters. The maximum Gasteiger partial charge on any atom is 0.252 e. The predicted octanol–water partition coefficient (Wildman–Crippen LogP) is 1.92. The fraction of sp³-hybridized carbons (Fsp3) is 0.154. The highest BCUT2D eigenvalue weighted by molar-refractivity contribution is 5.98. The minimum absolute atomic E-state index is 0.0918. The van der Waals surface area contributed by atoms with Crippen molar-refractivity contribution in [3.63, 3.8) is 0 Å². The molecule has 0 radical (unpaired) electrons. The van der Waals surface area contributed by atoms with Crippen LogP contribution in [0.3, 0.4) is 0 Å². The van der Waals surface area contributed by atoms with E-state index in [9.17, 15) is 4.79 Å². The first kappa shape index (κ1) is 10.3. The van der Waals surface area contributed by atoms with Crippen molar-refractivity contribution in [1.29, 1.82) is 0 Å². The number of rotatable bonds is 2. The van der Waals surface area contributed by atoms with Gasteiger partial charge >= 0.3 is 0 Å². The van der Waals surface area contributed by atoms with Gasteiger partial charge in [0.15, 0.2) is 0 Å². The Morgan fingerprint density at radius 1 is 1.44 bits per heavy atom. The lowest BCUT2D eigenvalue weighted by Gasteiger charge is -2.01. The van der Waals surface area contributed by atoms with Crippen molar-refractivity contribution < 1.29 is 4.79 Å². The number of fused-ring (bicyclic) bond motifs is 1. The maximum absolute atomic E-state index is 11.7. The summed E-state index contributed by atoms with van der Waals surface area (Å²) in [5, 5.41) is 3.77. The SMILES string of the molecule is CC#CCNC(=O)c1ccc2[nH]ccc2c1. The summed E-state index contributed by atoms with van der Waals surface area (Å²) in [7, 11) is 0. The monoisotopic (exact) mass is 212 g/mol. The topological polar surface area (TPSA) is 44.9 Å². The second-order valence-corrected chi connectivity index (χ2v) is 3.39. The number of carbonyl (C=O) groups excluding carboxylic acids is 1. The number of amides is 1. The zero-order valence-corrected chi connectivity index (χ0v) is 9.00. The first-order chi connectivity index (χ1) is 7.81. The second kappa shape index (κ2) is 4.54. The highest BCUT2D eigenvalue weighted by Crippen LogP contribution is 2.13. The van der Waals surface area contributed by atoms with Crippen molar-refractivity contribution in [3.05, 3.63) is 36.0 Å². The van der Waals surface area contributed by atoms with E-state index >= 15 is 0 Å². The van der Waals surface area contributed by atoms with Gasteiger partial charge in [0.25, 0.3) is 5.91 Å². The number of hydrogen-bond acceptors (Lipinski definition) is 1. The van der Waals surface area contributed by atoms with Gasteiger partial charge in [0.1, 0.15) is 0 Å². The molecule has 0 unspecified atom stereocenters. The van der Waals surface area contributed by atoms with Gasteiger partial charge in [-0.05, 0) is 31.2 Å². The summed E-state index contributed by atoms with van der Waals surface area (Å²) in [6.07, 6.45) is 1.86. The summed E-state index contributed by atoms with van der Waals surface area (Å²) < 4.78 is 0. The summed E-state index contributed by atoms with van der Waals surface area (Å²) in [6.45, 7) is 2.14. The lowest BCUT2D eigenvalue weighted by atomic mass is 10.1. The predicted molar refractivity (Wildman–Crippen MR) is 64.1 cm³/mol. The van der Waals surface area contributed by atoms with Gasteiger partial charge in [0.05, 0.1) is 6.54 Å². The van der Waals surface area contributed by atoms with Crippen LogP contribution in [0.1, 0.15) is 17.3 Å². The number of aromatic nitrogens is 1. The molecule has 1 aromatic heterocycles. The third-order valence-corrected chi connectivity index (χ3v) is 2.33. The minimum Gasteiger partial charge on any atom is -0.361 e. The van der Waals surface area contributed by atoms with Crippen LogP contribution in [0.4, 0.5) is 0 Å². The Balaban J connectivity index is 2.18. The van der Waals surface area contributed by atoms with Crippen LogP contribution in [0.25, 0.3) is 10.9 Å². The highest BCUT2D eigenvalue weighted by Gasteiger charge is 2.04. The Labute approximate surface area is 93.9 Å². The van der Waals surface area contributed by atoms with Gasteiger partial charge in [-0.2, -0.15) is 0 Å². The molecule has 16 heavy (non-hydrogen) atoms. The molecule has 0 saturated carbocycles. The third-order valence-electron chi connectivity index (χ3n) is 2.33. The quantitative estimate of drug-likeness (QED) is 0.734. The van der Waals surface area contributed by atoms with Crippen LogP contribution in [-0.4, -0.2) is 17.4 Å². The van der Waals surface area contributed by atoms with Crippen molar-refractivity contribution in [3.8, 4) is 11.8 Å². The molecular formula is C13H12N2O. The standard InChI is InChI=1S/C13H12N2O/c1-2-3-7-15-13(16)11-4-5-12-10(9-11)6-8-14-12/h4-6,8-9,14H,7H2,1H3,(H,15,16). The van der Waals surface area contributed by atoms with E-state index in [1.54, 1.807) is 13.0 Å². The van der Waals surface area contributed by atoms with E-state index in [1.807, 2.05) is 24.4 Å². The second-order valence-electron chi connectivity index (χ2n) is 3.39. The summed E-state index contributed by atoms with van der Waals surface area (Å²) in [5.74, 6) is 5.43. The molecule has 0 saturated heterocycles. The van der Waals surface area contributed by atoms with Crippen molar-refractivity contribution in [2.24, 2.45) is 0 Å². The molecule has 2 N–H and O–H groups in total. The zero-order chi connectivity index (χ0) is 11.4. The van der Waals surface area contributed by atoms with Crippen LogP contribution in [0.2, 0.25) is 0 Å². The number of aromatic amines is 1. The molecule has 1 heterocycles. The van der Waals surface area contributed by atoms with Gasteiger partial charge in [0, 0.05) is 22.7 Å². The van der Waals surface area contributed by atoms with Crippen LogP contribution in [0.5, 0.6) is 0 Å². The number of carbonyl (C=O) groups is 1.